The number of aryl methyl sites for hydroxylation is 1. The summed E-state index contributed by atoms with van der Waals surface area (Å²) in [5.74, 6) is 0.770. The molecule has 3 heterocycles. The van der Waals surface area contributed by atoms with Crippen molar-refractivity contribution in [3.05, 3.63) is 36.0 Å². The number of hydrogen-bond acceptors (Lipinski definition) is 7. The van der Waals surface area contributed by atoms with Crippen molar-refractivity contribution in [2.45, 2.75) is 18.1 Å². The van der Waals surface area contributed by atoms with Crippen molar-refractivity contribution in [1.29, 1.82) is 0 Å². The normalized spacial score (nSPS) is 19.6. The fourth-order valence-corrected chi connectivity index (χ4v) is 3.09. The number of hydrogen-bond donors (Lipinski definition) is 3. The summed E-state index contributed by atoms with van der Waals surface area (Å²) in [6, 6.07) is 4.73. The van der Waals surface area contributed by atoms with Crippen molar-refractivity contribution in [1.82, 2.24) is 19.7 Å². The van der Waals surface area contributed by atoms with Crippen molar-refractivity contribution in [3.63, 3.8) is 0 Å². The van der Waals surface area contributed by atoms with Crippen LogP contribution in [0.4, 0.5) is 30.6 Å². The number of benzene rings is 1. The summed E-state index contributed by atoms with van der Waals surface area (Å²) in [5.41, 5.74) is 6.10. The molecule has 2 aromatic heterocycles. The first-order valence-electron chi connectivity index (χ1n) is 8.98. The van der Waals surface area contributed by atoms with Crippen molar-refractivity contribution >= 4 is 28.5 Å². The van der Waals surface area contributed by atoms with E-state index in [4.69, 9.17) is 10.5 Å². The predicted molar refractivity (Wildman–Crippen MR) is 102 cm³/mol. The number of anilines is 3. The molecule has 0 spiro atoms. The highest BCUT2D eigenvalue weighted by Gasteiger charge is 2.31. The number of nitrogens with zero attached hydrogens (tertiary/aromatic N) is 4. The molecule has 0 bridgehead atoms. The summed E-state index contributed by atoms with van der Waals surface area (Å²) in [6.45, 7) is 1.49. The van der Waals surface area contributed by atoms with Crippen LogP contribution in [0, 0.1) is 0 Å². The molecule has 1 aliphatic rings. The second kappa shape index (κ2) is 7.16. The molecule has 8 nitrogen and oxygen atoms in total. The van der Waals surface area contributed by atoms with Gasteiger partial charge in [-0.05, 0) is 30.7 Å². The van der Waals surface area contributed by atoms with Gasteiger partial charge in [0.25, 0.3) is 0 Å². The Kier molecular flexibility index (Phi) is 4.79. The summed E-state index contributed by atoms with van der Waals surface area (Å²) in [6.07, 6.45) is -2.06. The summed E-state index contributed by atoms with van der Waals surface area (Å²) in [4.78, 5) is 8.94. The van der Waals surface area contributed by atoms with Gasteiger partial charge in [-0.1, -0.05) is 0 Å². The third-order valence-electron chi connectivity index (χ3n) is 4.80. The molecule has 1 atom stereocenters. The van der Waals surface area contributed by atoms with E-state index in [1.807, 2.05) is 0 Å². The highest BCUT2D eigenvalue weighted by molar-refractivity contribution is 5.89. The van der Waals surface area contributed by atoms with Crippen molar-refractivity contribution < 1.29 is 17.9 Å². The van der Waals surface area contributed by atoms with Crippen molar-refractivity contribution in [2.24, 2.45) is 12.8 Å². The van der Waals surface area contributed by atoms with Gasteiger partial charge in [-0.15, -0.1) is 0 Å². The first-order valence-corrected chi connectivity index (χ1v) is 8.98. The van der Waals surface area contributed by atoms with E-state index in [9.17, 15) is 13.2 Å². The van der Waals surface area contributed by atoms with Crippen LogP contribution in [0.5, 0.6) is 0 Å². The molecular formula is C18H20F3N7O. The molecule has 0 saturated carbocycles. The van der Waals surface area contributed by atoms with Gasteiger partial charge >= 0.3 is 6.18 Å². The lowest BCUT2D eigenvalue weighted by atomic mass is 10.0. The molecule has 4 rings (SSSR count). The van der Waals surface area contributed by atoms with Crippen LogP contribution in [0.25, 0.3) is 11.0 Å². The molecule has 1 aliphatic heterocycles. The van der Waals surface area contributed by atoms with Gasteiger partial charge in [0.05, 0.1) is 29.3 Å². The zero-order valence-corrected chi connectivity index (χ0v) is 15.6. The quantitative estimate of drug-likeness (QED) is 0.597. The minimum absolute atomic E-state index is 0.340. The lowest BCUT2D eigenvalue weighted by Crippen LogP contribution is -2.47. The van der Waals surface area contributed by atoms with Crippen molar-refractivity contribution in [3.8, 4) is 0 Å². The van der Waals surface area contributed by atoms with Crippen LogP contribution < -0.4 is 16.4 Å². The summed E-state index contributed by atoms with van der Waals surface area (Å²) < 4.78 is 45.3. The van der Waals surface area contributed by atoms with Gasteiger partial charge in [-0.25, -0.2) is 0 Å². The molecule has 1 unspecified atom stereocenters. The molecule has 4 N–H and O–H groups in total. The highest BCUT2D eigenvalue weighted by atomic mass is 19.4. The Morgan fingerprint density at radius 1 is 1.24 bits per heavy atom. The number of aromatic nitrogens is 4. The Hall–Kier alpha value is -2.92. The molecule has 1 saturated heterocycles. The third kappa shape index (κ3) is 4.10. The number of nitrogens with two attached hydrogens (primary N) is 1. The van der Waals surface area contributed by atoms with Gasteiger partial charge in [0.15, 0.2) is 5.65 Å². The van der Waals surface area contributed by atoms with E-state index in [-0.39, 0.29) is 0 Å². The molecule has 1 aromatic carbocycles. The molecule has 0 aliphatic carbocycles. The van der Waals surface area contributed by atoms with Crippen LogP contribution in [0.2, 0.25) is 0 Å². The van der Waals surface area contributed by atoms with E-state index >= 15 is 0 Å². The number of rotatable bonds is 5. The van der Waals surface area contributed by atoms with Crippen LogP contribution in [0.3, 0.4) is 0 Å². The molecule has 1 fully saturated rings. The van der Waals surface area contributed by atoms with E-state index in [2.05, 4.69) is 25.7 Å². The zero-order chi connectivity index (χ0) is 20.6. The number of halogens is 3. The predicted octanol–water partition coefficient (Wildman–Crippen LogP) is 2.66. The SMILES string of the molecule is Cn1ncc2c(Nc3ccc(C(F)(F)F)cc3)nc(NCC3(N)CCOC3)nc21. The minimum atomic E-state index is -4.39. The van der Waals surface area contributed by atoms with E-state index in [1.165, 1.54) is 12.1 Å². The van der Waals surface area contributed by atoms with Crippen LogP contribution >= 0.6 is 0 Å². The van der Waals surface area contributed by atoms with Crippen LogP contribution in [-0.2, 0) is 18.0 Å². The average Bonchev–Trinajstić information content (AvgIpc) is 3.27. The lowest BCUT2D eigenvalue weighted by Gasteiger charge is -2.22. The van der Waals surface area contributed by atoms with Gasteiger partial charge in [-0.3, -0.25) is 4.68 Å². The largest absolute Gasteiger partial charge is 0.416 e. The molecular weight excluding hydrogens is 387 g/mol. The summed E-state index contributed by atoms with van der Waals surface area (Å²) >= 11 is 0. The first kappa shape index (κ1) is 19.4. The molecule has 11 heteroatoms. The summed E-state index contributed by atoms with van der Waals surface area (Å²) in [7, 11) is 1.75. The topological polar surface area (TPSA) is 103 Å². The Bertz CT molecular complexity index is 1010. The molecule has 0 amide bonds. The fourth-order valence-electron chi connectivity index (χ4n) is 3.09. The van der Waals surface area contributed by atoms with Crippen LogP contribution in [0.15, 0.2) is 30.5 Å². The van der Waals surface area contributed by atoms with Gasteiger partial charge in [0, 0.05) is 25.9 Å². The maximum atomic E-state index is 12.8. The Morgan fingerprint density at radius 2 is 2.00 bits per heavy atom. The van der Waals surface area contributed by atoms with Crippen molar-refractivity contribution in [2.75, 3.05) is 30.4 Å². The van der Waals surface area contributed by atoms with E-state index in [0.717, 1.165) is 18.6 Å². The highest BCUT2D eigenvalue weighted by Crippen LogP contribution is 2.31. The average molecular weight is 407 g/mol. The summed E-state index contributed by atoms with van der Waals surface area (Å²) in [5, 5.41) is 11.0. The van der Waals surface area contributed by atoms with Gasteiger partial charge in [-0.2, -0.15) is 28.2 Å². The Balaban J connectivity index is 1.61. The minimum Gasteiger partial charge on any atom is -0.379 e. The van der Waals surface area contributed by atoms with Crippen LogP contribution in [-0.4, -0.2) is 45.0 Å². The molecule has 29 heavy (non-hydrogen) atoms. The Labute approximate surface area is 164 Å². The maximum absolute atomic E-state index is 12.8. The lowest BCUT2D eigenvalue weighted by molar-refractivity contribution is -0.137. The number of ether oxygens (including phenoxy) is 1. The number of alkyl halides is 3. The second-order valence-electron chi connectivity index (χ2n) is 7.12. The molecule has 154 valence electrons. The van der Waals surface area contributed by atoms with Gasteiger partial charge < -0.3 is 21.1 Å². The van der Waals surface area contributed by atoms with E-state index in [1.54, 1.807) is 17.9 Å². The van der Waals surface area contributed by atoms with E-state index in [0.29, 0.717) is 48.2 Å². The number of nitrogens with one attached hydrogen (secondary N) is 2. The van der Waals surface area contributed by atoms with Gasteiger partial charge in [0.1, 0.15) is 5.82 Å². The first-order chi connectivity index (χ1) is 13.7. The van der Waals surface area contributed by atoms with Crippen LogP contribution in [0.1, 0.15) is 12.0 Å². The smallest absolute Gasteiger partial charge is 0.379 e. The second-order valence-corrected chi connectivity index (χ2v) is 7.12. The molecule has 3 aromatic rings. The van der Waals surface area contributed by atoms with Gasteiger partial charge in [0.2, 0.25) is 5.95 Å². The zero-order valence-electron chi connectivity index (χ0n) is 15.6. The monoisotopic (exact) mass is 407 g/mol. The fraction of sp³-hybridized carbons (Fsp3) is 0.389. The number of fused-ring (bicyclic) bond motifs is 1. The molecule has 0 radical (unpaired) electrons. The Morgan fingerprint density at radius 3 is 2.66 bits per heavy atom. The maximum Gasteiger partial charge on any atom is 0.416 e. The third-order valence-corrected chi connectivity index (χ3v) is 4.80. The standard InChI is InChI=1S/C18H20F3N7O/c1-28-15-13(8-24-28)14(25-12-4-2-11(3-5-12)18(19,20)21)26-16(27-15)23-9-17(22)6-7-29-10-17/h2-5,8H,6-7,9-10,22H2,1H3,(H2,23,25,26,27). The van der Waals surface area contributed by atoms with E-state index < -0.39 is 17.3 Å².